The Morgan fingerprint density at radius 2 is 1.83 bits per heavy atom. The lowest BCUT2D eigenvalue weighted by Crippen LogP contribution is -2.65. The van der Waals surface area contributed by atoms with Gasteiger partial charge in [-0.05, 0) is 24.3 Å². The molecule has 8 nitrogen and oxygen atoms in total. The smallest absolute Gasteiger partial charge is 0.223 e. The van der Waals surface area contributed by atoms with E-state index in [1.54, 1.807) is 24.3 Å². The van der Waals surface area contributed by atoms with E-state index in [-0.39, 0.29) is 0 Å². The number of aliphatic hydroxyl groups is 3. The van der Waals surface area contributed by atoms with Crippen LogP contribution in [-0.2, 0) is 9.53 Å². The van der Waals surface area contributed by atoms with Crippen LogP contribution in [0.5, 0.6) is 11.5 Å². The van der Waals surface area contributed by atoms with Crippen LogP contribution in [0.4, 0.5) is 0 Å². The fraction of sp³-hybridized carbons (Fsp3) is 0.533. The third-order valence-electron chi connectivity index (χ3n) is 3.56. The Morgan fingerprint density at radius 3 is 2.35 bits per heavy atom. The van der Waals surface area contributed by atoms with E-state index in [9.17, 15) is 20.1 Å². The van der Waals surface area contributed by atoms with Crippen molar-refractivity contribution in [1.82, 2.24) is 5.32 Å². The first kappa shape index (κ1) is 17.5. The summed E-state index contributed by atoms with van der Waals surface area (Å²) in [5.74, 6) is 0.658. The van der Waals surface area contributed by atoms with Crippen LogP contribution in [0.25, 0.3) is 0 Å². The summed E-state index contributed by atoms with van der Waals surface area (Å²) in [6, 6.07) is 5.66. The molecule has 0 bridgehead atoms. The molecule has 1 aromatic rings. The first-order valence-corrected chi connectivity index (χ1v) is 7.16. The standard InChI is InChI=1S/C15H21NO7/c1-8(18)16-12-14(20)13(19)11(7-17)23-15(12)22-10-5-3-9(21-2)4-6-10/h3-6,11-15,17,19-20H,7H2,1-2H3,(H,16,18)/t11?,12?,13-,14+,15-/m0/s1. The molecule has 1 heterocycles. The maximum absolute atomic E-state index is 11.3. The topological polar surface area (TPSA) is 117 Å². The van der Waals surface area contributed by atoms with Crippen molar-refractivity contribution >= 4 is 5.91 Å². The van der Waals surface area contributed by atoms with Crippen LogP contribution in [-0.4, -0.2) is 65.6 Å². The van der Waals surface area contributed by atoms with E-state index in [4.69, 9.17) is 14.2 Å². The van der Waals surface area contributed by atoms with Gasteiger partial charge in [-0.25, -0.2) is 0 Å². The fourth-order valence-corrected chi connectivity index (χ4v) is 2.36. The lowest BCUT2D eigenvalue weighted by Gasteiger charge is -2.42. The average Bonchev–Trinajstić information content (AvgIpc) is 2.54. The molecule has 5 atom stereocenters. The Labute approximate surface area is 133 Å². The third kappa shape index (κ3) is 4.11. The van der Waals surface area contributed by atoms with Crippen molar-refractivity contribution in [3.63, 3.8) is 0 Å². The Bertz CT molecular complexity index is 521. The summed E-state index contributed by atoms with van der Waals surface area (Å²) in [6.45, 7) is 0.787. The summed E-state index contributed by atoms with van der Waals surface area (Å²) in [7, 11) is 1.54. The Hall–Kier alpha value is -1.87. The van der Waals surface area contributed by atoms with Crippen LogP contribution >= 0.6 is 0 Å². The van der Waals surface area contributed by atoms with E-state index in [0.29, 0.717) is 11.5 Å². The molecule has 0 aliphatic carbocycles. The first-order chi connectivity index (χ1) is 11.0. The highest BCUT2D eigenvalue weighted by atomic mass is 16.7. The predicted molar refractivity (Wildman–Crippen MR) is 79.0 cm³/mol. The molecule has 1 fully saturated rings. The number of benzene rings is 1. The molecule has 1 aromatic carbocycles. The zero-order valence-corrected chi connectivity index (χ0v) is 12.9. The maximum atomic E-state index is 11.3. The quantitative estimate of drug-likeness (QED) is 0.549. The van der Waals surface area contributed by atoms with Crippen molar-refractivity contribution in [3.05, 3.63) is 24.3 Å². The Morgan fingerprint density at radius 1 is 1.22 bits per heavy atom. The number of carbonyl (C=O) groups is 1. The molecule has 2 unspecified atom stereocenters. The molecule has 0 spiro atoms. The molecule has 4 N–H and O–H groups in total. The summed E-state index contributed by atoms with van der Waals surface area (Å²) < 4.78 is 16.2. The number of amides is 1. The highest BCUT2D eigenvalue weighted by Gasteiger charge is 2.46. The van der Waals surface area contributed by atoms with Crippen molar-refractivity contribution in [3.8, 4) is 11.5 Å². The molecule has 23 heavy (non-hydrogen) atoms. The lowest BCUT2D eigenvalue weighted by molar-refractivity contribution is -0.244. The van der Waals surface area contributed by atoms with Crippen LogP contribution < -0.4 is 14.8 Å². The van der Waals surface area contributed by atoms with Gasteiger partial charge in [-0.15, -0.1) is 0 Å². The Kier molecular flexibility index (Phi) is 5.78. The zero-order valence-electron chi connectivity index (χ0n) is 12.9. The minimum absolute atomic E-state index is 0.407. The molecule has 2 rings (SSSR count). The molecule has 0 radical (unpaired) electrons. The monoisotopic (exact) mass is 327 g/mol. The average molecular weight is 327 g/mol. The van der Waals surface area contributed by atoms with Gasteiger partial charge in [0.2, 0.25) is 12.2 Å². The van der Waals surface area contributed by atoms with Gasteiger partial charge in [-0.2, -0.15) is 0 Å². The fourth-order valence-electron chi connectivity index (χ4n) is 2.36. The van der Waals surface area contributed by atoms with Crippen molar-refractivity contribution < 1.29 is 34.3 Å². The van der Waals surface area contributed by atoms with Gasteiger partial charge in [0, 0.05) is 6.92 Å². The highest BCUT2D eigenvalue weighted by molar-refractivity contribution is 5.73. The SMILES string of the molecule is COc1ccc(O[C@H]2OC(CO)[C@H](O)[C@H](O)C2NC(C)=O)cc1. The van der Waals surface area contributed by atoms with E-state index in [0.717, 1.165) is 0 Å². The number of ether oxygens (including phenoxy) is 3. The lowest BCUT2D eigenvalue weighted by atomic mass is 9.97. The summed E-state index contributed by atoms with van der Waals surface area (Å²) in [4.78, 5) is 11.3. The van der Waals surface area contributed by atoms with Crippen LogP contribution in [0.15, 0.2) is 24.3 Å². The number of hydrogen-bond donors (Lipinski definition) is 4. The summed E-state index contributed by atoms with van der Waals surface area (Å²) in [5.41, 5.74) is 0. The van der Waals surface area contributed by atoms with Crippen LogP contribution in [0, 0.1) is 0 Å². The summed E-state index contributed by atoms with van der Waals surface area (Å²) in [6.07, 6.45) is -4.76. The number of nitrogens with one attached hydrogen (secondary N) is 1. The summed E-state index contributed by atoms with van der Waals surface area (Å²) in [5, 5.41) is 31.8. The minimum atomic E-state index is -1.34. The summed E-state index contributed by atoms with van der Waals surface area (Å²) >= 11 is 0. The number of methoxy groups -OCH3 is 1. The number of carbonyl (C=O) groups excluding carboxylic acids is 1. The Balaban J connectivity index is 2.17. The maximum Gasteiger partial charge on any atom is 0.223 e. The number of rotatable bonds is 5. The zero-order chi connectivity index (χ0) is 17.0. The molecular formula is C15H21NO7. The van der Waals surface area contributed by atoms with Gasteiger partial charge in [-0.1, -0.05) is 0 Å². The first-order valence-electron chi connectivity index (χ1n) is 7.16. The van der Waals surface area contributed by atoms with E-state index in [1.807, 2.05) is 0 Å². The van der Waals surface area contributed by atoms with Gasteiger partial charge in [0.1, 0.15) is 35.9 Å². The number of aliphatic hydroxyl groups excluding tert-OH is 3. The van der Waals surface area contributed by atoms with Gasteiger partial charge < -0.3 is 34.8 Å². The minimum Gasteiger partial charge on any atom is -0.497 e. The predicted octanol–water partition coefficient (Wildman–Crippen LogP) is -0.982. The van der Waals surface area contributed by atoms with E-state index in [2.05, 4.69) is 5.32 Å². The molecule has 0 aromatic heterocycles. The van der Waals surface area contributed by atoms with Crippen LogP contribution in [0.2, 0.25) is 0 Å². The van der Waals surface area contributed by atoms with Crippen molar-refractivity contribution in [2.75, 3.05) is 13.7 Å². The van der Waals surface area contributed by atoms with Gasteiger partial charge in [0.05, 0.1) is 13.7 Å². The van der Waals surface area contributed by atoms with E-state index >= 15 is 0 Å². The normalized spacial score (nSPS) is 30.6. The molecular weight excluding hydrogens is 306 g/mol. The van der Waals surface area contributed by atoms with Crippen molar-refractivity contribution in [2.24, 2.45) is 0 Å². The van der Waals surface area contributed by atoms with E-state index < -0.39 is 43.2 Å². The van der Waals surface area contributed by atoms with Gasteiger partial charge >= 0.3 is 0 Å². The second-order valence-corrected chi connectivity index (χ2v) is 5.23. The number of hydrogen-bond acceptors (Lipinski definition) is 7. The molecule has 128 valence electrons. The van der Waals surface area contributed by atoms with Gasteiger partial charge in [0.15, 0.2) is 0 Å². The van der Waals surface area contributed by atoms with Gasteiger partial charge in [-0.3, -0.25) is 4.79 Å². The second-order valence-electron chi connectivity index (χ2n) is 5.23. The van der Waals surface area contributed by atoms with Crippen LogP contribution in [0.1, 0.15) is 6.92 Å². The molecule has 0 saturated carbocycles. The molecule has 1 aliphatic heterocycles. The highest BCUT2D eigenvalue weighted by Crippen LogP contribution is 2.25. The molecule has 8 heteroatoms. The second kappa shape index (κ2) is 7.60. The van der Waals surface area contributed by atoms with E-state index in [1.165, 1.54) is 14.0 Å². The van der Waals surface area contributed by atoms with Crippen LogP contribution in [0.3, 0.4) is 0 Å². The van der Waals surface area contributed by atoms with Gasteiger partial charge in [0.25, 0.3) is 0 Å². The third-order valence-corrected chi connectivity index (χ3v) is 3.56. The van der Waals surface area contributed by atoms with Crippen molar-refractivity contribution in [2.45, 2.75) is 37.6 Å². The molecule has 1 saturated heterocycles. The molecule has 1 aliphatic rings. The largest absolute Gasteiger partial charge is 0.497 e. The van der Waals surface area contributed by atoms with Crippen molar-refractivity contribution in [1.29, 1.82) is 0 Å². The molecule has 1 amide bonds.